The van der Waals surface area contributed by atoms with Gasteiger partial charge in [0.15, 0.2) is 0 Å². The maximum Gasteiger partial charge on any atom is 0.140 e. The normalized spacial score (nSPS) is 46.3. The first-order chi connectivity index (χ1) is 16.9. The standard InChI is InChI=1S/C31H47NO3/c1-20(7-10-26-27(35-17-16-33)6-5-15-32-26)23-8-9-24-22-18-28(34-4)31-19-21(31)11-14-30(31,3)25(22)12-13-29(23,24)2/h5-6,15,20-25,28,33H,7-14,16-19H2,1-4H3/t20-,21?,22+,23-,24+,25+,28?,29-,30-,31?/m1/s1. The van der Waals surface area contributed by atoms with E-state index in [1.807, 2.05) is 25.4 Å². The minimum atomic E-state index is 0.0411. The SMILES string of the molecule is COC1C[C@H]2[C@@H]3CC[C@H]([C@H](C)CCc4ncccc4OCCO)[C@@]3(C)CC[C@@H]2[C@@]2(C)CCC3CC312. The number of aromatic nitrogens is 1. The summed E-state index contributed by atoms with van der Waals surface area (Å²) in [5, 5.41) is 9.16. The Kier molecular flexibility index (Phi) is 6.04. The molecule has 194 valence electrons. The number of aliphatic hydroxyl groups excluding tert-OH is 1. The molecule has 1 aromatic heterocycles. The topological polar surface area (TPSA) is 51.6 Å². The quantitative estimate of drug-likeness (QED) is 0.473. The molecular weight excluding hydrogens is 434 g/mol. The van der Waals surface area contributed by atoms with Crippen molar-refractivity contribution in [2.45, 2.75) is 91.1 Å². The predicted octanol–water partition coefficient (Wildman–Crippen LogP) is 6.31. The highest BCUT2D eigenvalue weighted by Crippen LogP contribution is 2.82. The monoisotopic (exact) mass is 481 g/mol. The molecule has 1 N–H and O–H groups in total. The van der Waals surface area contributed by atoms with Gasteiger partial charge in [0.2, 0.25) is 0 Å². The average molecular weight is 482 g/mol. The van der Waals surface area contributed by atoms with E-state index in [4.69, 9.17) is 14.6 Å². The summed E-state index contributed by atoms with van der Waals surface area (Å²) in [7, 11) is 2.01. The molecule has 35 heavy (non-hydrogen) atoms. The number of rotatable bonds is 8. The number of pyridine rings is 1. The molecule has 5 aliphatic carbocycles. The maximum atomic E-state index is 9.16. The van der Waals surface area contributed by atoms with E-state index in [0.717, 1.165) is 53.9 Å². The van der Waals surface area contributed by atoms with Crippen LogP contribution in [0.5, 0.6) is 5.75 Å². The molecule has 6 rings (SSSR count). The van der Waals surface area contributed by atoms with Gasteiger partial charge in [0.25, 0.3) is 0 Å². The van der Waals surface area contributed by atoms with Gasteiger partial charge in [-0.1, -0.05) is 20.8 Å². The van der Waals surface area contributed by atoms with Crippen LogP contribution in [0, 0.1) is 51.8 Å². The fraction of sp³-hybridized carbons (Fsp3) is 0.839. The summed E-state index contributed by atoms with van der Waals surface area (Å²) in [6, 6.07) is 3.92. The molecule has 5 aliphatic rings. The van der Waals surface area contributed by atoms with Crippen molar-refractivity contribution in [3.63, 3.8) is 0 Å². The first kappa shape index (κ1) is 24.2. The fourth-order valence-electron chi connectivity index (χ4n) is 11.0. The van der Waals surface area contributed by atoms with Crippen LogP contribution < -0.4 is 4.74 Å². The van der Waals surface area contributed by atoms with Crippen LogP contribution in [0.2, 0.25) is 0 Å². The Morgan fingerprint density at radius 2 is 2.00 bits per heavy atom. The Morgan fingerprint density at radius 3 is 2.77 bits per heavy atom. The second-order valence-corrected chi connectivity index (χ2v) is 13.5. The number of fused-ring (bicyclic) bond motifs is 4. The lowest BCUT2D eigenvalue weighted by molar-refractivity contribution is -0.161. The van der Waals surface area contributed by atoms with Gasteiger partial charge in [0.05, 0.1) is 18.4 Å². The number of nitrogens with zero attached hydrogens (tertiary/aromatic N) is 1. The van der Waals surface area contributed by atoms with E-state index < -0.39 is 0 Å². The highest BCUT2D eigenvalue weighted by molar-refractivity contribution is 5.28. The van der Waals surface area contributed by atoms with E-state index in [-0.39, 0.29) is 6.61 Å². The average Bonchev–Trinajstić information content (AvgIpc) is 3.37. The Morgan fingerprint density at radius 1 is 1.14 bits per heavy atom. The largest absolute Gasteiger partial charge is 0.489 e. The van der Waals surface area contributed by atoms with E-state index >= 15 is 0 Å². The molecule has 0 amide bonds. The molecular formula is C31H47NO3. The lowest BCUT2D eigenvalue weighted by Gasteiger charge is -2.61. The smallest absolute Gasteiger partial charge is 0.140 e. The number of ether oxygens (including phenoxy) is 2. The van der Waals surface area contributed by atoms with Gasteiger partial charge in [-0.25, -0.2) is 0 Å². The summed E-state index contributed by atoms with van der Waals surface area (Å²) in [6.07, 6.45) is 15.9. The van der Waals surface area contributed by atoms with Gasteiger partial charge in [-0.05, 0) is 123 Å². The number of aryl methyl sites for hydroxylation is 1. The molecule has 4 heteroatoms. The van der Waals surface area contributed by atoms with Gasteiger partial charge in [-0.3, -0.25) is 4.98 Å². The minimum Gasteiger partial charge on any atom is -0.489 e. The van der Waals surface area contributed by atoms with Crippen molar-refractivity contribution in [3.8, 4) is 5.75 Å². The lowest BCUT2D eigenvalue weighted by Crippen LogP contribution is -2.57. The molecule has 0 aliphatic heterocycles. The zero-order chi connectivity index (χ0) is 24.4. The van der Waals surface area contributed by atoms with Crippen LogP contribution in [0.4, 0.5) is 0 Å². The van der Waals surface area contributed by atoms with Gasteiger partial charge in [0, 0.05) is 18.7 Å². The molecule has 4 nitrogen and oxygen atoms in total. The van der Waals surface area contributed by atoms with Crippen molar-refractivity contribution in [2.75, 3.05) is 20.3 Å². The second-order valence-electron chi connectivity index (χ2n) is 13.5. The van der Waals surface area contributed by atoms with Crippen LogP contribution >= 0.6 is 0 Å². The zero-order valence-corrected chi connectivity index (χ0v) is 22.5. The van der Waals surface area contributed by atoms with Crippen LogP contribution in [0.1, 0.15) is 84.3 Å². The number of methoxy groups -OCH3 is 1. The van der Waals surface area contributed by atoms with Crippen LogP contribution in [0.25, 0.3) is 0 Å². The number of aliphatic hydroxyl groups is 1. The molecule has 1 heterocycles. The third-order valence-corrected chi connectivity index (χ3v) is 12.6. The van der Waals surface area contributed by atoms with Crippen LogP contribution in [-0.2, 0) is 11.2 Å². The lowest BCUT2D eigenvalue weighted by atomic mass is 9.45. The molecule has 0 saturated heterocycles. The third kappa shape index (κ3) is 3.41. The first-order valence-corrected chi connectivity index (χ1v) is 14.6. The van der Waals surface area contributed by atoms with Crippen LogP contribution in [0.3, 0.4) is 0 Å². The second kappa shape index (κ2) is 8.72. The molecule has 1 spiro atoms. The third-order valence-electron chi connectivity index (χ3n) is 12.6. The van der Waals surface area contributed by atoms with Crippen molar-refractivity contribution in [2.24, 2.45) is 51.8 Å². The fourth-order valence-corrected chi connectivity index (χ4v) is 11.0. The summed E-state index contributed by atoms with van der Waals surface area (Å²) in [6.45, 7) is 8.23. The van der Waals surface area contributed by atoms with Gasteiger partial charge in [0.1, 0.15) is 12.4 Å². The zero-order valence-electron chi connectivity index (χ0n) is 22.5. The molecule has 0 bridgehead atoms. The highest BCUT2D eigenvalue weighted by Gasteiger charge is 2.77. The minimum absolute atomic E-state index is 0.0411. The van der Waals surface area contributed by atoms with E-state index in [1.54, 1.807) is 0 Å². The summed E-state index contributed by atoms with van der Waals surface area (Å²) < 4.78 is 12.1. The maximum absolute atomic E-state index is 9.16. The van der Waals surface area contributed by atoms with E-state index in [2.05, 4.69) is 25.8 Å². The summed E-state index contributed by atoms with van der Waals surface area (Å²) >= 11 is 0. The molecule has 5 fully saturated rings. The van der Waals surface area contributed by atoms with E-state index in [0.29, 0.717) is 34.9 Å². The van der Waals surface area contributed by atoms with E-state index in [1.165, 1.54) is 51.4 Å². The Bertz CT molecular complexity index is 936. The number of hydrogen-bond acceptors (Lipinski definition) is 4. The summed E-state index contributed by atoms with van der Waals surface area (Å²) in [5.74, 6) is 5.96. The van der Waals surface area contributed by atoms with Crippen molar-refractivity contribution in [1.29, 1.82) is 0 Å². The molecule has 10 atom stereocenters. The Balaban J connectivity index is 1.17. The van der Waals surface area contributed by atoms with Crippen LogP contribution in [0.15, 0.2) is 18.3 Å². The Labute approximate surface area is 212 Å². The van der Waals surface area contributed by atoms with Gasteiger partial charge in [-0.2, -0.15) is 0 Å². The predicted molar refractivity (Wildman–Crippen MR) is 138 cm³/mol. The van der Waals surface area contributed by atoms with Crippen LogP contribution in [-0.4, -0.2) is 36.5 Å². The van der Waals surface area contributed by atoms with Gasteiger partial charge in [-0.15, -0.1) is 0 Å². The molecule has 3 unspecified atom stereocenters. The molecule has 5 saturated carbocycles. The summed E-state index contributed by atoms with van der Waals surface area (Å²) in [4.78, 5) is 4.63. The number of hydrogen-bond donors (Lipinski definition) is 1. The van der Waals surface area contributed by atoms with Crippen molar-refractivity contribution < 1.29 is 14.6 Å². The molecule has 1 aromatic rings. The van der Waals surface area contributed by atoms with Crippen molar-refractivity contribution >= 4 is 0 Å². The van der Waals surface area contributed by atoms with Crippen molar-refractivity contribution in [3.05, 3.63) is 24.0 Å². The molecule has 0 radical (unpaired) electrons. The molecule has 0 aromatic carbocycles. The van der Waals surface area contributed by atoms with Gasteiger partial charge < -0.3 is 14.6 Å². The van der Waals surface area contributed by atoms with Crippen molar-refractivity contribution in [1.82, 2.24) is 4.98 Å². The summed E-state index contributed by atoms with van der Waals surface area (Å²) in [5.41, 5.74) is 2.57. The van der Waals surface area contributed by atoms with E-state index in [9.17, 15) is 0 Å². The van der Waals surface area contributed by atoms with Gasteiger partial charge >= 0.3 is 0 Å². The Hall–Kier alpha value is -1.13. The highest BCUT2D eigenvalue weighted by atomic mass is 16.5. The first-order valence-electron chi connectivity index (χ1n) is 14.6.